The summed E-state index contributed by atoms with van der Waals surface area (Å²) in [6.45, 7) is 1.81. The fourth-order valence-electron chi connectivity index (χ4n) is 5.85. The summed E-state index contributed by atoms with van der Waals surface area (Å²) in [5, 5.41) is 30.1. The predicted octanol–water partition coefficient (Wildman–Crippen LogP) is 7.92. The third kappa shape index (κ3) is 8.72. The molecule has 0 aromatic heterocycles. The maximum Gasteiger partial charge on any atom is 0.453 e. The van der Waals surface area contributed by atoms with E-state index in [2.05, 4.69) is 6.92 Å². The highest BCUT2D eigenvalue weighted by Gasteiger charge is 2.57. The van der Waals surface area contributed by atoms with E-state index in [1.807, 2.05) is 18.2 Å². The highest BCUT2D eigenvalue weighted by atomic mass is 19.4. The summed E-state index contributed by atoms with van der Waals surface area (Å²) < 4.78 is 68.1. The minimum absolute atomic E-state index is 0.127. The molecule has 5 N–H and O–H groups in total. The fraction of sp³-hybridized carbons (Fsp3) is 0.581. The van der Waals surface area contributed by atoms with E-state index in [-0.39, 0.29) is 29.4 Å². The van der Waals surface area contributed by atoms with Crippen LogP contribution in [0, 0.1) is 0 Å². The Balaban J connectivity index is 1.44. The molecule has 1 aliphatic rings. The van der Waals surface area contributed by atoms with Crippen LogP contribution in [0.15, 0.2) is 42.5 Å². The van der Waals surface area contributed by atoms with Gasteiger partial charge in [0.05, 0.1) is 6.61 Å². The van der Waals surface area contributed by atoms with Crippen molar-refractivity contribution in [2.24, 2.45) is 5.73 Å². The lowest BCUT2D eigenvalue weighted by molar-refractivity contribution is -1.04. The molecular weight excluding hydrogens is 575 g/mol. The van der Waals surface area contributed by atoms with Crippen molar-refractivity contribution < 1.29 is 51.6 Å². The summed E-state index contributed by atoms with van der Waals surface area (Å²) in [7, 11) is 0. The lowest BCUT2D eigenvalue weighted by Crippen LogP contribution is -2.54. The van der Waals surface area contributed by atoms with Crippen LogP contribution in [0.5, 0.6) is 17.2 Å². The highest BCUT2D eigenvalue weighted by Crippen LogP contribution is 2.50. The van der Waals surface area contributed by atoms with Crippen LogP contribution in [0.25, 0.3) is 0 Å². The Morgan fingerprint density at radius 3 is 2.07 bits per heavy atom. The van der Waals surface area contributed by atoms with Crippen molar-refractivity contribution in [2.75, 3.05) is 19.7 Å². The number of urea groups is 1. The molecule has 12 heteroatoms. The van der Waals surface area contributed by atoms with Crippen molar-refractivity contribution in [3.8, 4) is 17.2 Å². The largest absolute Gasteiger partial charge is 0.508 e. The van der Waals surface area contributed by atoms with Crippen molar-refractivity contribution in [3.63, 3.8) is 0 Å². The molecule has 240 valence electrons. The Morgan fingerprint density at radius 1 is 0.907 bits per heavy atom. The van der Waals surface area contributed by atoms with E-state index in [4.69, 9.17) is 10.5 Å². The van der Waals surface area contributed by atoms with Gasteiger partial charge in [0.25, 0.3) is 0 Å². The number of primary amides is 1. The van der Waals surface area contributed by atoms with Gasteiger partial charge in [-0.2, -0.15) is 22.0 Å². The summed E-state index contributed by atoms with van der Waals surface area (Å²) in [5.74, 6) is -3.76. The molecule has 3 rings (SSSR count). The third-order valence-corrected chi connectivity index (χ3v) is 8.56. The summed E-state index contributed by atoms with van der Waals surface area (Å²) >= 11 is 0. The number of aromatic hydroxyl groups is 2. The molecule has 0 saturated heterocycles. The Hall–Kier alpha value is -3.12. The summed E-state index contributed by atoms with van der Waals surface area (Å²) in [6.07, 6.45) is -1.48. The molecule has 0 bridgehead atoms. The van der Waals surface area contributed by atoms with Gasteiger partial charge < -0.3 is 20.7 Å². The van der Waals surface area contributed by atoms with Crippen LogP contribution in [0.1, 0.15) is 88.2 Å². The van der Waals surface area contributed by atoms with Gasteiger partial charge >= 0.3 is 18.1 Å². The topological polar surface area (TPSA) is 113 Å². The van der Waals surface area contributed by atoms with Crippen molar-refractivity contribution in [1.29, 1.82) is 0 Å². The van der Waals surface area contributed by atoms with Gasteiger partial charge in [0.1, 0.15) is 30.3 Å². The molecule has 2 aromatic carbocycles. The molecule has 2 aromatic rings. The van der Waals surface area contributed by atoms with Gasteiger partial charge in [-0.3, -0.25) is 0 Å². The first kappa shape index (κ1) is 34.4. The summed E-state index contributed by atoms with van der Waals surface area (Å²) in [5.41, 5.74) is 6.95. The number of fused-ring (bicyclic) bond motifs is 1. The number of unbranched alkanes of at least 4 members (excludes halogenated alkanes) is 6. The van der Waals surface area contributed by atoms with Gasteiger partial charge in [-0.15, -0.1) is 4.65 Å². The Kier molecular flexibility index (Phi) is 11.3. The number of hydroxylamine groups is 3. The van der Waals surface area contributed by atoms with Crippen LogP contribution in [0.3, 0.4) is 0 Å². The minimum Gasteiger partial charge on any atom is -0.508 e. The standard InChI is InChI=1S/C31H41F5N2O5/c1-29(22-11-13-23(39)14-12-22)21-43-27-20-24(40)15-16-25(27)26(29)10-7-5-3-2-4-6-8-18-38(42,28(37)41)19-9-17-30(32,33)31(34,35)36/h11-16,20,26,42H,2-10,17-19,21H2,1H3,(H3-,37,39,40,41)/p+1. The Morgan fingerprint density at radius 2 is 1.47 bits per heavy atom. The van der Waals surface area contributed by atoms with Crippen LogP contribution in [-0.2, 0) is 5.41 Å². The molecule has 7 nitrogen and oxygen atoms in total. The number of carbonyl (C=O) groups is 1. The van der Waals surface area contributed by atoms with Gasteiger partial charge in [0, 0.05) is 36.7 Å². The molecular formula is C31H42F5N2O5+. The number of quaternary nitrogens is 1. The zero-order chi connectivity index (χ0) is 31.9. The monoisotopic (exact) mass is 617 g/mol. The van der Waals surface area contributed by atoms with Crippen LogP contribution >= 0.6 is 0 Å². The number of rotatable bonds is 15. The van der Waals surface area contributed by atoms with E-state index >= 15 is 0 Å². The summed E-state index contributed by atoms with van der Waals surface area (Å²) in [4.78, 5) is 11.7. The van der Waals surface area contributed by atoms with Gasteiger partial charge in [0.2, 0.25) is 0 Å². The number of carbonyl (C=O) groups excluding carboxylic acids is 1. The van der Waals surface area contributed by atoms with Crippen molar-refractivity contribution in [2.45, 2.75) is 94.6 Å². The number of halogens is 5. The average Bonchev–Trinajstić information content (AvgIpc) is 2.92. The first-order valence-electron chi connectivity index (χ1n) is 14.7. The van der Waals surface area contributed by atoms with Gasteiger partial charge in [0.15, 0.2) is 0 Å². The number of amides is 2. The number of phenols is 2. The maximum absolute atomic E-state index is 13.1. The molecule has 0 fully saturated rings. The second-order valence-electron chi connectivity index (χ2n) is 11.8. The second kappa shape index (κ2) is 14.1. The number of nitrogens with two attached hydrogens (primary N) is 1. The van der Waals surface area contributed by atoms with Gasteiger partial charge in [-0.25, -0.2) is 10.0 Å². The number of benzene rings is 2. The minimum atomic E-state index is -5.68. The number of alkyl halides is 5. The fourth-order valence-corrected chi connectivity index (χ4v) is 5.85. The van der Waals surface area contributed by atoms with E-state index in [1.54, 1.807) is 24.3 Å². The number of nitrogens with zero attached hydrogens (tertiary/aromatic N) is 1. The lowest BCUT2D eigenvalue weighted by atomic mass is 9.66. The first-order valence-corrected chi connectivity index (χ1v) is 14.7. The predicted molar refractivity (Wildman–Crippen MR) is 150 cm³/mol. The Bertz CT molecular complexity index is 1210. The van der Waals surface area contributed by atoms with Crippen molar-refractivity contribution in [1.82, 2.24) is 0 Å². The van der Waals surface area contributed by atoms with Crippen LogP contribution in [-0.4, -0.2) is 57.9 Å². The summed E-state index contributed by atoms with van der Waals surface area (Å²) in [6, 6.07) is 11.2. The molecule has 1 heterocycles. The molecule has 0 saturated carbocycles. The molecule has 43 heavy (non-hydrogen) atoms. The molecule has 0 radical (unpaired) electrons. The normalized spacial score (nSPS) is 20.2. The lowest BCUT2D eigenvalue weighted by Gasteiger charge is -2.43. The van der Waals surface area contributed by atoms with Gasteiger partial charge in [-0.05, 0) is 42.2 Å². The smallest absolute Gasteiger partial charge is 0.453 e. The quantitative estimate of drug-likeness (QED) is 0.0533. The van der Waals surface area contributed by atoms with Crippen LogP contribution in [0.4, 0.5) is 26.7 Å². The van der Waals surface area contributed by atoms with E-state index in [9.17, 15) is 42.2 Å². The van der Waals surface area contributed by atoms with Crippen molar-refractivity contribution >= 4 is 6.03 Å². The molecule has 0 spiro atoms. The second-order valence-corrected chi connectivity index (χ2v) is 11.8. The Labute approximate surface area is 248 Å². The molecule has 3 atom stereocenters. The van der Waals surface area contributed by atoms with Crippen LogP contribution in [0.2, 0.25) is 0 Å². The molecule has 0 aliphatic carbocycles. The highest BCUT2D eigenvalue weighted by molar-refractivity contribution is 5.63. The van der Waals surface area contributed by atoms with Crippen molar-refractivity contribution in [3.05, 3.63) is 53.6 Å². The van der Waals surface area contributed by atoms with E-state index in [1.165, 1.54) is 0 Å². The third-order valence-electron chi connectivity index (χ3n) is 8.56. The van der Waals surface area contributed by atoms with Crippen LogP contribution < -0.4 is 10.5 Å². The molecule has 2 amide bonds. The number of phenolic OH excluding ortho intramolecular Hbond substituents is 2. The molecule has 1 aliphatic heterocycles. The first-order chi connectivity index (χ1) is 20.1. The number of ether oxygens (including phenoxy) is 1. The average molecular weight is 618 g/mol. The maximum atomic E-state index is 13.1. The van der Waals surface area contributed by atoms with E-state index in [0.29, 0.717) is 25.2 Å². The number of hydrogen-bond acceptors (Lipinski definition) is 5. The SMILES string of the molecule is CC1(c2ccc(O)cc2)COc2cc(O)ccc2C1CCCCCCCCC[N+](O)(CCCC(F)(F)C(F)(F)F)C(N)=O. The number of hydrogen-bond donors (Lipinski definition) is 4. The van der Waals surface area contributed by atoms with E-state index in [0.717, 1.165) is 49.7 Å². The van der Waals surface area contributed by atoms with E-state index < -0.39 is 42.2 Å². The molecule has 3 unspecified atom stereocenters. The zero-order valence-corrected chi connectivity index (χ0v) is 24.4. The van der Waals surface area contributed by atoms with Gasteiger partial charge in [-0.1, -0.05) is 57.2 Å². The zero-order valence-electron chi connectivity index (χ0n) is 24.4.